The molecule has 13 heavy (non-hydrogen) atoms. The number of aromatic nitrogens is 1. The first-order valence-electron chi connectivity index (χ1n) is 5.51. The van der Waals surface area contributed by atoms with Crippen LogP contribution in [0.4, 0.5) is 0 Å². The van der Waals surface area contributed by atoms with Gasteiger partial charge in [0, 0.05) is 18.9 Å². The van der Waals surface area contributed by atoms with Crippen LogP contribution in [0.15, 0.2) is 18.5 Å². The zero-order valence-electron chi connectivity index (χ0n) is 8.92. The highest BCUT2D eigenvalue weighted by Gasteiger charge is 1.93. The molecule has 0 aliphatic heterocycles. The fraction of sp³-hybridized carbons (Fsp3) is 0.667. The average Bonchev–Trinajstić information content (AvgIpc) is 2.60. The second-order valence-corrected chi connectivity index (χ2v) is 3.67. The summed E-state index contributed by atoms with van der Waals surface area (Å²) in [6, 6.07) is 2.22. The topological polar surface area (TPSA) is 4.93 Å². The third-order valence-electron chi connectivity index (χ3n) is 2.49. The van der Waals surface area contributed by atoms with Crippen LogP contribution in [0.25, 0.3) is 0 Å². The molecule has 0 saturated heterocycles. The van der Waals surface area contributed by atoms with Crippen molar-refractivity contribution >= 4 is 0 Å². The molecule has 1 rings (SSSR count). The van der Waals surface area contributed by atoms with E-state index in [1.165, 1.54) is 37.8 Å². The van der Waals surface area contributed by atoms with Crippen molar-refractivity contribution in [3.05, 3.63) is 24.0 Å². The third-order valence-corrected chi connectivity index (χ3v) is 2.49. The molecule has 1 nitrogen and oxygen atoms in total. The number of aryl methyl sites for hydroxylation is 2. The van der Waals surface area contributed by atoms with Gasteiger partial charge in [0.1, 0.15) is 0 Å². The molecular weight excluding hydrogens is 158 g/mol. The summed E-state index contributed by atoms with van der Waals surface area (Å²) >= 11 is 0. The molecule has 0 atom stereocenters. The highest BCUT2D eigenvalue weighted by Crippen LogP contribution is 2.05. The lowest BCUT2D eigenvalue weighted by Crippen LogP contribution is -1.93. The Morgan fingerprint density at radius 3 is 2.62 bits per heavy atom. The van der Waals surface area contributed by atoms with E-state index in [1.54, 1.807) is 0 Å². The van der Waals surface area contributed by atoms with Crippen LogP contribution in [-0.2, 0) is 13.0 Å². The SMILES string of the molecule is CCCCCCn1ccc(CC)c1. The number of rotatable bonds is 6. The zero-order valence-corrected chi connectivity index (χ0v) is 8.92. The summed E-state index contributed by atoms with van der Waals surface area (Å²) in [4.78, 5) is 0. The molecule has 1 heterocycles. The smallest absolute Gasteiger partial charge is 0.0219 e. The molecule has 1 aromatic rings. The van der Waals surface area contributed by atoms with Crippen molar-refractivity contribution in [3.8, 4) is 0 Å². The van der Waals surface area contributed by atoms with E-state index in [1.807, 2.05) is 0 Å². The lowest BCUT2D eigenvalue weighted by molar-refractivity contribution is 0.583. The van der Waals surface area contributed by atoms with Gasteiger partial charge in [0.2, 0.25) is 0 Å². The molecule has 0 radical (unpaired) electrons. The predicted molar refractivity (Wildman–Crippen MR) is 58.0 cm³/mol. The van der Waals surface area contributed by atoms with Gasteiger partial charge in [-0.2, -0.15) is 0 Å². The molecule has 0 unspecified atom stereocenters. The van der Waals surface area contributed by atoms with E-state index < -0.39 is 0 Å². The van der Waals surface area contributed by atoms with Crippen LogP contribution < -0.4 is 0 Å². The van der Waals surface area contributed by atoms with Crippen LogP contribution in [0.3, 0.4) is 0 Å². The minimum Gasteiger partial charge on any atom is -0.354 e. The molecule has 74 valence electrons. The predicted octanol–water partition coefficient (Wildman–Crippen LogP) is 3.63. The van der Waals surface area contributed by atoms with Crippen LogP contribution in [-0.4, -0.2) is 4.57 Å². The van der Waals surface area contributed by atoms with E-state index in [-0.39, 0.29) is 0 Å². The molecule has 1 heteroatoms. The molecule has 0 aliphatic carbocycles. The van der Waals surface area contributed by atoms with Gasteiger partial charge in [0.25, 0.3) is 0 Å². The van der Waals surface area contributed by atoms with Gasteiger partial charge >= 0.3 is 0 Å². The van der Waals surface area contributed by atoms with Crippen molar-refractivity contribution < 1.29 is 0 Å². The molecule has 0 aromatic carbocycles. The van der Waals surface area contributed by atoms with Crippen LogP contribution in [0.1, 0.15) is 45.1 Å². The Kier molecular flexibility index (Phi) is 4.66. The average molecular weight is 179 g/mol. The summed E-state index contributed by atoms with van der Waals surface area (Å²) < 4.78 is 2.31. The maximum absolute atomic E-state index is 2.31. The minimum atomic E-state index is 1.15. The lowest BCUT2D eigenvalue weighted by Gasteiger charge is -2.01. The molecule has 0 saturated carbocycles. The first kappa shape index (κ1) is 10.4. The van der Waals surface area contributed by atoms with E-state index in [0.717, 1.165) is 6.42 Å². The van der Waals surface area contributed by atoms with Gasteiger partial charge in [-0.25, -0.2) is 0 Å². The van der Waals surface area contributed by atoms with Crippen molar-refractivity contribution in [2.45, 2.75) is 52.5 Å². The summed E-state index contributed by atoms with van der Waals surface area (Å²) in [5, 5.41) is 0. The van der Waals surface area contributed by atoms with Gasteiger partial charge < -0.3 is 4.57 Å². The summed E-state index contributed by atoms with van der Waals surface area (Å²) in [5.41, 5.74) is 1.45. The van der Waals surface area contributed by atoms with Crippen LogP contribution >= 0.6 is 0 Å². The summed E-state index contributed by atoms with van der Waals surface area (Å²) in [7, 11) is 0. The van der Waals surface area contributed by atoms with Gasteiger partial charge in [0.05, 0.1) is 0 Å². The van der Waals surface area contributed by atoms with E-state index in [4.69, 9.17) is 0 Å². The van der Waals surface area contributed by atoms with E-state index in [0.29, 0.717) is 0 Å². The zero-order chi connectivity index (χ0) is 9.52. The Morgan fingerprint density at radius 2 is 2.00 bits per heavy atom. The highest BCUT2D eigenvalue weighted by atomic mass is 14.9. The van der Waals surface area contributed by atoms with Gasteiger partial charge in [-0.05, 0) is 24.5 Å². The normalized spacial score (nSPS) is 10.6. The van der Waals surface area contributed by atoms with Crippen molar-refractivity contribution in [1.82, 2.24) is 4.57 Å². The molecular formula is C12H21N. The largest absolute Gasteiger partial charge is 0.354 e. The second kappa shape index (κ2) is 5.85. The Morgan fingerprint density at radius 1 is 1.15 bits per heavy atom. The maximum Gasteiger partial charge on any atom is 0.0219 e. The van der Waals surface area contributed by atoms with E-state index >= 15 is 0 Å². The molecule has 0 bridgehead atoms. The van der Waals surface area contributed by atoms with Crippen LogP contribution in [0.2, 0.25) is 0 Å². The second-order valence-electron chi connectivity index (χ2n) is 3.67. The Labute approximate surface area is 81.8 Å². The Hall–Kier alpha value is -0.720. The van der Waals surface area contributed by atoms with Gasteiger partial charge in [0.15, 0.2) is 0 Å². The van der Waals surface area contributed by atoms with Gasteiger partial charge in [-0.15, -0.1) is 0 Å². The van der Waals surface area contributed by atoms with Gasteiger partial charge in [-0.3, -0.25) is 0 Å². The summed E-state index contributed by atoms with van der Waals surface area (Å²) in [6.45, 7) is 5.65. The van der Waals surface area contributed by atoms with Crippen LogP contribution in [0.5, 0.6) is 0 Å². The minimum absolute atomic E-state index is 1.15. The fourth-order valence-corrected chi connectivity index (χ4v) is 1.56. The van der Waals surface area contributed by atoms with Crippen LogP contribution in [0, 0.1) is 0 Å². The molecule has 0 fully saturated rings. The monoisotopic (exact) mass is 179 g/mol. The molecule has 0 aliphatic rings. The standard InChI is InChI=1S/C12H21N/c1-3-5-6-7-9-13-10-8-12(4-2)11-13/h8,10-11H,3-7,9H2,1-2H3. The Bertz CT molecular complexity index is 225. The van der Waals surface area contributed by atoms with E-state index in [2.05, 4.69) is 36.9 Å². The van der Waals surface area contributed by atoms with Gasteiger partial charge in [-0.1, -0.05) is 33.1 Å². The highest BCUT2D eigenvalue weighted by molar-refractivity contribution is 5.09. The van der Waals surface area contributed by atoms with Crippen molar-refractivity contribution in [2.75, 3.05) is 0 Å². The van der Waals surface area contributed by atoms with Crippen molar-refractivity contribution in [2.24, 2.45) is 0 Å². The number of nitrogens with zero attached hydrogens (tertiary/aromatic N) is 1. The third kappa shape index (κ3) is 3.67. The number of hydrogen-bond acceptors (Lipinski definition) is 0. The maximum atomic E-state index is 2.31. The first-order valence-corrected chi connectivity index (χ1v) is 5.51. The first-order chi connectivity index (χ1) is 6.36. The summed E-state index contributed by atoms with van der Waals surface area (Å²) in [5.74, 6) is 0. The van der Waals surface area contributed by atoms with Crippen molar-refractivity contribution in [3.63, 3.8) is 0 Å². The molecule has 0 spiro atoms. The molecule has 1 aromatic heterocycles. The number of unbranched alkanes of at least 4 members (excludes halogenated alkanes) is 3. The van der Waals surface area contributed by atoms with E-state index in [9.17, 15) is 0 Å². The quantitative estimate of drug-likeness (QED) is 0.588. The molecule has 0 amide bonds. The van der Waals surface area contributed by atoms with Crippen molar-refractivity contribution in [1.29, 1.82) is 0 Å². The fourth-order valence-electron chi connectivity index (χ4n) is 1.56. The number of hydrogen-bond donors (Lipinski definition) is 0. The lowest BCUT2D eigenvalue weighted by atomic mass is 10.2. The Balaban J connectivity index is 2.20. The molecule has 0 N–H and O–H groups in total. The summed E-state index contributed by atoms with van der Waals surface area (Å²) in [6.07, 6.45) is 11.0.